The number of thiophene rings is 1. The maximum Gasteiger partial charge on any atom is 0.0748 e. The zero-order valence-electron chi connectivity index (χ0n) is 11.9. The van der Waals surface area contributed by atoms with Crippen molar-refractivity contribution in [3.63, 3.8) is 0 Å². The number of benzene rings is 1. The molecule has 0 atom stereocenters. The molecule has 0 aliphatic carbocycles. The number of hydrogen-bond acceptors (Lipinski definition) is 3. The van der Waals surface area contributed by atoms with Gasteiger partial charge in [0.25, 0.3) is 0 Å². The van der Waals surface area contributed by atoms with E-state index in [0.717, 1.165) is 23.4 Å². The molecule has 3 aromatic rings. The minimum absolute atomic E-state index is 0.873. The van der Waals surface area contributed by atoms with Gasteiger partial charge in [-0.05, 0) is 45.7 Å². The third-order valence-corrected chi connectivity index (χ3v) is 4.49. The summed E-state index contributed by atoms with van der Waals surface area (Å²) in [7, 11) is 0. The Kier molecular flexibility index (Phi) is 3.41. The fourth-order valence-electron chi connectivity index (χ4n) is 2.71. The van der Waals surface area contributed by atoms with Crippen LogP contribution in [-0.4, -0.2) is 10.7 Å². The lowest BCUT2D eigenvalue weighted by Crippen LogP contribution is -1.96. The van der Waals surface area contributed by atoms with Crippen molar-refractivity contribution < 1.29 is 0 Å². The van der Waals surface area contributed by atoms with Gasteiger partial charge in [0.2, 0.25) is 0 Å². The van der Waals surface area contributed by atoms with E-state index in [-0.39, 0.29) is 0 Å². The van der Waals surface area contributed by atoms with E-state index in [1.54, 1.807) is 11.3 Å². The average molecular weight is 302 g/mol. The molecule has 3 heteroatoms. The summed E-state index contributed by atoms with van der Waals surface area (Å²) in [5.74, 6) is 0. The highest BCUT2D eigenvalue weighted by molar-refractivity contribution is 7.08. The second kappa shape index (κ2) is 5.70. The number of allylic oxidation sites excluding steroid dienone is 1. The molecule has 0 saturated carbocycles. The van der Waals surface area contributed by atoms with Crippen molar-refractivity contribution in [1.82, 2.24) is 4.98 Å². The van der Waals surface area contributed by atoms with E-state index in [1.165, 1.54) is 16.7 Å². The van der Waals surface area contributed by atoms with Crippen molar-refractivity contribution in [3.8, 4) is 0 Å². The Labute approximate surface area is 133 Å². The highest BCUT2D eigenvalue weighted by atomic mass is 32.1. The maximum absolute atomic E-state index is 4.94. The molecular weight excluding hydrogens is 288 g/mol. The predicted octanol–water partition coefficient (Wildman–Crippen LogP) is 4.90. The Morgan fingerprint density at radius 1 is 0.818 bits per heavy atom. The van der Waals surface area contributed by atoms with Gasteiger partial charge in [-0.25, -0.2) is 0 Å². The Morgan fingerprint density at radius 2 is 1.64 bits per heavy atom. The molecule has 0 amide bonds. The first-order valence-corrected chi connectivity index (χ1v) is 8.15. The van der Waals surface area contributed by atoms with Gasteiger partial charge in [-0.3, -0.25) is 9.98 Å². The Hall–Kier alpha value is -2.52. The van der Waals surface area contributed by atoms with Gasteiger partial charge >= 0.3 is 0 Å². The lowest BCUT2D eigenvalue weighted by Gasteiger charge is -2.04. The van der Waals surface area contributed by atoms with E-state index in [2.05, 4.69) is 46.1 Å². The summed E-state index contributed by atoms with van der Waals surface area (Å²) in [6, 6.07) is 16.6. The Bertz CT molecular complexity index is 832. The second-order valence-electron chi connectivity index (χ2n) is 5.18. The molecule has 3 heterocycles. The summed E-state index contributed by atoms with van der Waals surface area (Å²) in [6.07, 6.45) is 4.52. The molecule has 0 fully saturated rings. The summed E-state index contributed by atoms with van der Waals surface area (Å²) in [6.45, 7) is 0. The van der Waals surface area contributed by atoms with Gasteiger partial charge in [-0.2, -0.15) is 11.3 Å². The van der Waals surface area contributed by atoms with Crippen LogP contribution in [-0.2, 0) is 0 Å². The standard InChI is InChI=1S/C19H14N2S/c1-2-4-14(5-3-1)18-12-17(16-8-11-22-13-16)19(21-18)15-6-9-20-10-7-15/h1-11,13H,12H2. The van der Waals surface area contributed by atoms with Crippen molar-refractivity contribution in [3.05, 3.63) is 88.4 Å². The van der Waals surface area contributed by atoms with Crippen molar-refractivity contribution in [1.29, 1.82) is 0 Å². The normalized spacial score (nSPS) is 14.3. The first-order valence-electron chi connectivity index (χ1n) is 7.21. The second-order valence-corrected chi connectivity index (χ2v) is 5.96. The van der Waals surface area contributed by atoms with Gasteiger partial charge < -0.3 is 0 Å². The third kappa shape index (κ3) is 2.40. The van der Waals surface area contributed by atoms with Crippen LogP contribution in [0.4, 0.5) is 0 Å². The molecule has 0 spiro atoms. The third-order valence-electron chi connectivity index (χ3n) is 3.81. The summed E-state index contributed by atoms with van der Waals surface area (Å²) in [5, 5.41) is 4.31. The molecule has 0 N–H and O–H groups in total. The van der Waals surface area contributed by atoms with Crippen molar-refractivity contribution in [2.75, 3.05) is 0 Å². The lowest BCUT2D eigenvalue weighted by atomic mass is 9.98. The van der Waals surface area contributed by atoms with Crippen LogP contribution in [0.15, 0.2) is 76.7 Å². The van der Waals surface area contributed by atoms with Crippen LogP contribution < -0.4 is 0 Å². The Morgan fingerprint density at radius 3 is 2.36 bits per heavy atom. The molecule has 1 aliphatic rings. The van der Waals surface area contributed by atoms with Crippen LogP contribution in [0.1, 0.15) is 23.1 Å². The molecule has 1 aromatic carbocycles. The molecule has 0 bridgehead atoms. The minimum atomic E-state index is 0.873. The largest absolute Gasteiger partial charge is 0.265 e. The Balaban J connectivity index is 1.82. The molecule has 22 heavy (non-hydrogen) atoms. The van der Waals surface area contributed by atoms with E-state index < -0.39 is 0 Å². The summed E-state index contributed by atoms with van der Waals surface area (Å²) < 4.78 is 0. The highest BCUT2D eigenvalue weighted by Crippen LogP contribution is 2.37. The zero-order chi connectivity index (χ0) is 14.8. The number of pyridine rings is 1. The van der Waals surface area contributed by atoms with Crippen LogP contribution in [0.5, 0.6) is 0 Å². The zero-order valence-corrected chi connectivity index (χ0v) is 12.8. The van der Waals surface area contributed by atoms with Crippen LogP contribution in [0.3, 0.4) is 0 Å². The SMILES string of the molecule is c1ccc(C2=NC(c3ccncc3)=C(c3ccsc3)C2)cc1. The number of rotatable bonds is 3. The van der Waals surface area contributed by atoms with Gasteiger partial charge in [0, 0.05) is 24.4 Å². The van der Waals surface area contributed by atoms with Gasteiger partial charge in [-0.1, -0.05) is 30.3 Å². The van der Waals surface area contributed by atoms with Gasteiger partial charge in [0.15, 0.2) is 0 Å². The van der Waals surface area contributed by atoms with E-state index in [1.807, 2.05) is 30.6 Å². The monoisotopic (exact) mass is 302 g/mol. The molecule has 0 saturated heterocycles. The minimum Gasteiger partial charge on any atom is -0.265 e. The quantitative estimate of drug-likeness (QED) is 0.675. The molecular formula is C19H14N2S. The first kappa shape index (κ1) is 13.2. The van der Waals surface area contributed by atoms with Crippen LogP contribution >= 0.6 is 11.3 Å². The van der Waals surface area contributed by atoms with E-state index in [0.29, 0.717) is 0 Å². The number of aliphatic imine (C=N–C) groups is 1. The van der Waals surface area contributed by atoms with Crippen LogP contribution in [0.2, 0.25) is 0 Å². The van der Waals surface area contributed by atoms with E-state index in [9.17, 15) is 0 Å². The molecule has 106 valence electrons. The summed E-state index contributed by atoms with van der Waals surface area (Å²) in [4.78, 5) is 9.05. The maximum atomic E-state index is 4.94. The molecule has 2 nitrogen and oxygen atoms in total. The average Bonchev–Trinajstić information content (AvgIpc) is 3.26. The molecule has 0 unspecified atom stereocenters. The van der Waals surface area contributed by atoms with Gasteiger partial charge in [0.1, 0.15) is 0 Å². The number of hydrogen-bond donors (Lipinski definition) is 0. The molecule has 4 rings (SSSR count). The summed E-state index contributed by atoms with van der Waals surface area (Å²) >= 11 is 1.72. The predicted molar refractivity (Wildman–Crippen MR) is 93.0 cm³/mol. The van der Waals surface area contributed by atoms with Crippen molar-refractivity contribution in [2.24, 2.45) is 4.99 Å². The summed E-state index contributed by atoms with van der Waals surface area (Å²) in [5.41, 5.74) is 7.09. The number of nitrogens with zero attached hydrogens (tertiary/aromatic N) is 2. The van der Waals surface area contributed by atoms with Crippen molar-refractivity contribution >= 4 is 28.3 Å². The lowest BCUT2D eigenvalue weighted by molar-refractivity contribution is 1.31. The van der Waals surface area contributed by atoms with E-state index in [4.69, 9.17) is 4.99 Å². The van der Waals surface area contributed by atoms with Gasteiger partial charge in [-0.15, -0.1) is 0 Å². The van der Waals surface area contributed by atoms with E-state index >= 15 is 0 Å². The molecule has 2 aromatic heterocycles. The molecule has 0 radical (unpaired) electrons. The highest BCUT2D eigenvalue weighted by Gasteiger charge is 2.21. The topological polar surface area (TPSA) is 25.2 Å². The number of aromatic nitrogens is 1. The van der Waals surface area contributed by atoms with Gasteiger partial charge in [0.05, 0.1) is 11.4 Å². The fourth-order valence-corrected chi connectivity index (χ4v) is 3.38. The molecule has 1 aliphatic heterocycles. The fraction of sp³-hybridized carbons (Fsp3) is 0.0526. The first-order chi connectivity index (χ1) is 10.9. The van der Waals surface area contributed by atoms with Crippen LogP contribution in [0.25, 0.3) is 11.3 Å². The van der Waals surface area contributed by atoms with Crippen LogP contribution in [0, 0.1) is 0 Å². The van der Waals surface area contributed by atoms with Crippen molar-refractivity contribution in [2.45, 2.75) is 6.42 Å². The smallest absolute Gasteiger partial charge is 0.0748 e.